The highest BCUT2D eigenvalue weighted by Crippen LogP contribution is 2.35. The van der Waals surface area contributed by atoms with E-state index in [2.05, 4.69) is 35.6 Å². The van der Waals surface area contributed by atoms with Gasteiger partial charge in [0.25, 0.3) is 0 Å². The molecule has 6 heteroatoms. The molecule has 1 spiro atoms. The smallest absolute Gasteiger partial charge is 0.225 e. The molecular formula is C19H30N4O2. The summed E-state index contributed by atoms with van der Waals surface area (Å²) in [5.41, 5.74) is 0.132. The number of carbonyl (C=O) groups is 1. The molecule has 2 saturated heterocycles. The molecule has 0 radical (unpaired) electrons. The van der Waals surface area contributed by atoms with E-state index in [1.165, 1.54) is 0 Å². The zero-order chi connectivity index (χ0) is 17.9. The standard InChI is InChI=1S/C19H30N4O2/c1-18(2,3)13-16(24)22-9-5-19(6-10-22)14-23(11-12-25-15-19)17-20-7-4-8-21-17/h4,7-8H,5-6,9-15H2,1-3H3. The first-order valence-electron chi connectivity index (χ1n) is 9.25. The predicted octanol–water partition coefficient (Wildman–Crippen LogP) is 2.36. The monoisotopic (exact) mass is 346 g/mol. The molecule has 2 fully saturated rings. The molecule has 0 atom stereocenters. The summed E-state index contributed by atoms with van der Waals surface area (Å²) in [7, 11) is 0. The Hall–Kier alpha value is -1.69. The molecule has 1 aromatic rings. The topological polar surface area (TPSA) is 58.6 Å². The number of anilines is 1. The number of rotatable bonds is 2. The Morgan fingerprint density at radius 3 is 2.52 bits per heavy atom. The summed E-state index contributed by atoms with van der Waals surface area (Å²) >= 11 is 0. The van der Waals surface area contributed by atoms with Crippen LogP contribution in [-0.4, -0.2) is 60.2 Å². The first-order chi connectivity index (χ1) is 11.9. The van der Waals surface area contributed by atoms with Gasteiger partial charge in [0, 0.05) is 50.4 Å². The summed E-state index contributed by atoms with van der Waals surface area (Å²) in [4.78, 5) is 25.6. The zero-order valence-corrected chi connectivity index (χ0v) is 15.7. The summed E-state index contributed by atoms with van der Waals surface area (Å²) in [6.07, 6.45) is 6.14. The van der Waals surface area contributed by atoms with E-state index in [0.717, 1.165) is 51.6 Å². The predicted molar refractivity (Wildman–Crippen MR) is 97.4 cm³/mol. The van der Waals surface area contributed by atoms with Crippen molar-refractivity contribution in [2.24, 2.45) is 10.8 Å². The van der Waals surface area contributed by atoms with Crippen molar-refractivity contribution in [1.82, 2.24) is 14.9 Å². The van der Waals surface area contributed by atoms with Crippen molar-refractivity contribution >= 4 is 11.9 Å². The molecule has 1 amide bonds. The Morgan fingerprint density at radius 1 is 1.20 bits per heavy atom. The summed E-state index contributed by atoms with van der Waals surface area (Å²) in [5, 5.41) is 0. The van der Waals surface area contributed by atoms with E-state index in [1.807, 2.05) is 11.0 Å². The van der Waals surface area contributed by atoms with E-state index in [4.69, 9.17) is 4.74 Å². The number of likely N-dealkylation sites (tertiary alicyclic amines) is 1. The molecule has 0 aliphatic carbocycles. The van der Waals surface area contributed by atoms with Crippen LogP contribution >= 0.6 is 0 Å². The fraction of sp³-hybridized carbons (Fsp3) is 0.737. The molecule has 0 aromatic carbocycles. The molecule has 0 N–H and O–H groups in total. The van der Waals surface area contributed by atoms with Crippen LogP contribution in [0.4, 0.5) is 5.95 Å². The van der Waals surface area contributed by atoms with E-state index >= 15 is 0 Å². The minimum atomic E-state index is 0.0408. The molecule has 138 valence electrons. The van der Waals surface area contributed by atoms with Gasteiger partial charge in [0.2, 0.25) is 11.9 Å². The Morgan fingerprint density at radius 2 is 1.88 bits per heavy atom. The normalized spacial score (nSPS) is 21.2. The second kappa shape index (κ2) is 7.28. The molecule has 3 rings (SSSR count). The first-order valence-corrected chi connectivity index (χ1v) is 9.25. The number of carbonyl (C=O) groups excluding carboxylic acids is 1. The van der Waals surface area contributed by atoms with Crippen LogP contribution in [0.5, 0.6) is 0 Å². The van der Waals surface area contributed by atoms with Crippen LogP contribution in [0.2, 0.25) is 0 Å². The van der Waals surface area contributed by atoms with Gasteiger partial charge in [0.1, 0.15) is 0 Å². The molecule has 2 aliphatic rings. The summed E-state index contributed by atoms with van der Waals surface area (Å²) in [5.74, 6) is 1.05. The quantitative estimate of drug-likeness (QED) is 0.823. The maximum atomic E-state index is 12.5. The van der Waals surface area contributed by atoms with E-state index in [-0.39, 0.29) is 16.7 Å². The van der Waals surface area contributed by atoms with Gasteiger partial charge >= 0.3 is 0 Å². The average Bonchev–Trinajstić information content (AvgIpc) is 2.78. The molecule has 0 bridgehead atoms. The van der Waals surface area contributed by atoms with E-state index < -0.39 is 0 Å². The van der Waals surface area contributed by atoms with E-state index in [9.17, 15) is 4.79 Å². The molecule has 25 heavy (non-hydrogen) atoms. The van der Waals surface area contributed by atoms with Gasteiger partial charge in [-0.1, -0.05) is 20.8 Å². The Balaban J connectivity index is 1.63. The zero-order valence-electron chi connectivity index (χ0n) is 15.7. The largest absolute Gasteiger partial charge is 0.379 e. The molecule has 0 unspecified atom stereocenters. The van der Waals surface area contributed by atoms with Gasteiger partial charge in [-0.2, -0.15) is 0 Å². The molecular weight excluding hydrogens is 316 g/mol. The number of nitrogens with zero attached hydrogens (tertiary/aromatic N) is 4. The van der Waals surface area contributed by atoms with Crippen LogP contribution in [0, 0.1) is 10.8 Å². The number of piperidine rings is 1. The number of hydrogen-bond acceptors (Lipinski definition) is 5. The van der Waals surface area contributed by atoms with Crippen molar-refractivity contribution in [1.29, 1.82) is 0 Å². The van der Waals surface area contributed by atoms with Crippen LogP contribution < -0.4 is 4.90 Å². The molecule has 0 saturated carbocycles. The Labute approximate surface area is 150 Å². The van der Waals surface area contributed by atoms with Gasteiger partial charge in [-0.3, -0.25) is 4.79 Å². The van der Waals surface area contributed by atoms with Crippen LogP contribution in [0.15, 0.2) is 18.5 Å². The number of amides is 1. The maximum absolute atomic E-state index is 12.5. The fourth-order valence-corrected chi connectivity index (χ4v) is 3.72. The van der Waals surface area contributed by atoms with Gasteiger partial charge < -0.3 is 14.5 Å². The van der Waals surface area contributed by atoms with Crippen LogP contribution in [0.25, 0.3) is 0 Å². The summed E-state index contributed by atoms with van der Waals surface area (Å²) in [6.45, 7) is 11.2. The van der Waals surface area contributed by atoms with Crippen LogP contribution in [-0.2, 0) is 9.53 Å². The fourth-order valence-electron chi connectivity index (χ4n) is 3.72. The first kappa shape index (κ1) is 18.1. The highest BCUT2D eigenvalue weighted by Gasteiger charge is 2.40. The van der Waals surface area contributed by atoms with Crippen LogP contribution in [0.1, 0.15) is 40.0 Å². The maximum Gasteiger partial charge on any atom is 0.225 e. The average molecular weight is 346 g/mol. The lowest BCUT2D eigenvalue weighted by Gasteiger charge is -2.43. The molecule has 1 aromatic heterocycles. The third kappa shape index (κ3) is 4.69. The lowest BCUT2D eigenvalue weighted by Crippen LogP contribution is -2.49. The summed E-state index contributed by atoms with van der Waals surface area (Å²) < 4.78 is 5.92. The van der Waals surface area contributed by atoms with Crippen molar-refractivity contribution in [3.05, 3.63) is 18.5 Å². The van der Waals surface area contributed by atoms with Gasteiger partial charge in [0.05, 0.1) is 13.2 Å². The van der Waals surface area contributed by atoms with Crippen LogP contribution in [0.3, 0.4) is 0 Å². The van der Waals surface area contributed by atoms with Gasteiger partial charge in [-0.25, -0.2) is 9.97 Å². The Kier molecular flexibility index (Phi) is 5.27. The van der Waals surface area contributed by atoms with Gasteiger partial charge in [-0.15, -0.1) is 0 Å². The van der Waals surface area contributed by atoms with Crippen molar-refractivity contribution in [2.75, 3.05) is 44.3 Å². The molecule has 3 heterocycles. The van der Waals surface area contributed by atoms with Crippen molar-refractivity contribution in [3.63, 3.8) is 0 Å². The number of ether oxygens (including phenoxy) is 1. The van der Waals surface area contributed by atoms with Crippen molar-refractivity contribution < 1.29 is 9.53 Å². The molecule has 2 aliphatic heterocycles. The minimum Gasteiger partial charge on any atom is -0.379 e. The third-order valence-corrected chi connectivity index (χ3v) is 5.13. The van der Waals surface area contributed by atoms with Crippen molar-refractivity contribution in [3.8, 4) is 0 Å². The van der Waals surface area contributed by atoms with Crippen molar-refractivity contribution in [2.45, 2.75) is 40.0 Å². The second-order valence-electron chi connectivity index (χ2n) is 8.64. The highest BCUT2D eigenvalue weighted by atomic mass is 16.5. The summed E-state index contributed by atoms with van der Waals surface area (Å²) in [6, 6.07) is 1.84. The molecule has 6 nitrogen and oxygen atoms in total. The minimum absolute atomic E-state index is 0.0408. The van der Waals surface area contributed by atoms with E-state index in [0.29, 0.717) is 13.0 Å². The second-order valence-corrected chi connectivity index (χ2v) is 8.64. The van der Waals surface area contributed by atoms with Gasteiger partial charge in [0.15, 0.2) is 0 Å². The third-order valence-electron chi connectivity index (χ3n) is 5.13. The lowest BCUT2D eigenvalue weighted by atomic mass is 9.78. The lowest BCUT2D eigenvalue weighted by molar-refractivity contribution is -0.136. The SMILES string of the molecule is CC(C)(C)CC(=O)N1CCC2(CC1)COCCN(c1ncccn1)C2. The number of hydrogen-bond donors (Lipinski definition) is 0. The van der Waals surface area contributed by atoms with Gasteiger partial charge in [-0.05, 0) is 24.3 Å². The number of aromatic nitrogens is 2. The van der Waals surface area contributed by atoms with E-state index in [1.54, 1.807) is 12.4 Å². The Bertz CT molecular complexity index is 577. The highest BCUT2D eigenvalue weighted by molar-refractivity contribution is 5.76.